The normalized spacial score (nSPS) is 12.3. The van der Waals surface area contributed by atoms with Crippen molar-refractivity contribution < 1.29 is 32.2 Å². The minimum absolute atomic E-state index is 0.0634. The molecule has 0 aliphatic carbocycles. The third-order valence-electron chi connectivity index (χ3n) is 6.04. The monoisotopic (exact) mass is 582 g/mol. The van der Waals surface area contributed by atoms with Crippen molar-refractivity contribution in [2.75, 3.05) is 10.9 Å². The summed E-state index contributed by atoms with van der Waals surface area (Å²) >= 11 is 0. The number of hydrogen-bond acceptors (Lipinski definition) is 7. The Morgan fingerprint density at radius 1 is 0.951 bits per heavy atom. The minimum atomic E-state index is -4.55. The molecule has 0 heterocycles. The number of aryl methyl sites for hydroxylation is 2. The van der Waals surface area contributed by atoms with Gasteiger partial charge in [0.05, 0.1) is 12.3 Å². The molecule has 10 heteroatoms. The largest absolute Gasteiger partial charge is 0.489 e. The van der Waals surface area contributed by atoms with E-state index in [0.717, 1.165) is 15.4 Å². The summed E-state index contributed by atoms with van der Waals surface area (Å²) in [6, 6.07) is 19.2. The maximum atomic E-state index is 13.2. The molecule has 3 rings (SSSR count). The Morgan fingerprint density at radius 2 is 1.56 bits per heavy atom. The van der Waals surface area contributed by atoms with Gasteiger partial charge in [0.15, 0.2) is 0 Å². The zero-order valence-electron chi connectivity index (χ0n) is 24.6. The third kappa shape index (κ3) is 8.47. The molecule has 1 amide bonds. The van der Waals surface area contributed by atoms with Gasteiger partial charge in [0.2, 0.25) is 0 Å². The van der Waals surface area contributed by atoms with E-state index in [4.69, 9.17) is 14.2 Å². The number of carbonyl (C=O) groups is 2. The van der Waals surface area contributed by atoms with Crippen LogP contribution in [0.15, 0.2) is 66.7 Å². The van der Waals surface area contributed by atoms with E-state index in [2.05, 4.69) is 38.1 Å². The van der Waals surface area contributed by atoms with Crippen molar-refractivity contribution in [1.82, 2.24) is 4.72 Å². The first-order chi connectivity index (χ1) is 19.2. The lowest BCUT2D eigenvalue weighted by molar-refractivity contribution is -0.144. The van der Waals surface area contributed by atoms with E-state index in [-0.39, 0.29) is 12.3 Å². The molecule has 0 radical (unpaired) electrons. The van der Waals surface area contributed by atoms with Crippen molar-refractivity contribution in [1.29, 1.82) is 0 Å². The highest BCUT2D eigenvalue weighted by molar-refractivity contribution is 7.91. The fourth-order valence-electron chi connectivity index (χ4n) is 4.32. The first-order valence-electron chi connectivity index (χ1n) is 13.3. The van der Waals surface area contributed by atoms with Crippen molar-refractivity contribution in [2.45, 2.75) is 66.7 Å². The first kappa shape index (κ1) is 31.5. The van der Waals surface area contributed by atoms with Crippen LogP contribution in [0.1, 0.15) is 51.3 Å². The Bertz CT molecular complexity index is 1460. The standard InChI is InChI=1S/C31H38N2O7S/c1-8-38-29(34)23(4)33(41(36,37)32-30(35)40-31(5,6)7)26-15-17-27(18-16-26)39-20-24-13-10-14-25(19-24)28-21(2)11-9-12-22(28)3/h9-19,23H,8,20H2,1-7H3,(H,32,35). The predicted molar refractivity (Wildman–Crippen MR) is 159 cm³/mol. The topological polar surface area (TPSA) is 111 Å². The smallest absolute Gasteiger partial charge is 0.422 e. The maximum Gasteiger partial charge on any atom is 0.422 e. The number of carbonyl (C=O) groups excluding carboxylic acids is 2. The lowest BCUT2D eigenvalue weighted by Crippen LogP contribution is -2.51. The van der Waals surface area contributed by atoms with Crippen LogP contribution in [0.2, 0.25) is 0 Å². The molecule has 1 atom stereocenters. The van der Waals surface area contributed by atoms with E-state index in [1.807, 2.05) is 22.9 Å². The number of nitrogens with one attached hydrogen (secondary N) is 1. The van der Waals surface area contributed by atoms with Gasteiger partial charge in [-0.15, -0.1) is 0 Å². The molecule has 0 aliphatic heterocycles. The van der Waals surface area contributed by atoms with Crippen LogP contribution in [0.5, 0.6) is 5.75 Å². The molecule has 0 aliphatic rings. The second-order valence-corrected chi connectivity index (χ2v) is 12.1. The highest BCUT2D eigenvalue weighted by Crippen LogP contribution is 2.29. The zero-order valence-corrected chi connectivity index (χ0v) is 25.4. The highest BCUT2D eigenvalue weighted by atomic mass is 32.2. The summed E-state index contributed by atoms with van der Waals surface area (Å²) in [5.41, 5.74) is 4.85. The fraction of sp³-hybridized carbons (Fsp3) is 0.355. The molecule has 1 unspecified atom stereocenters. The van der Waals surface area contributed by atoms with Gasteiger partial charge in [-0.2, -0.15) is 8.42 Å². The van der Waals surface area contributed by atoms with Gasteiger partial charge in [-0.25, -0.2) is 18.6 Å². The summed E-state index contributed by atoms with van der Waals surface area (Å²) in [7, 11) is -4.55. The molecular formula is C31H38N2O7S. The van der Waals surface area contributed by atoms with Gasteiger partial charge >= 0.3 is 22.3 Å². The van der Waals surface area contributed by atoms with Crippen molar-refractivity contribution in [3.05, 3.63) is 83.4 Å². The lowest BCUT2D eigenvalue weighted by atomic mass is 9.95. The van der Waals surface area contributed by atoms with Crippen LogP contribution in [-0.2, 0) is 31.1 Å². The second-order valence-electron chi connectivity index (χ2n) is 10.6. The summed E-state index contributed by atoms with van der Waals surface area (Å²) in [6.45, 7) is 12.3. The Morgan fingerprint density at radius 3 is 2.15 bits per heavy atom. The van der Waals surface area contributed by atoms with E-state index >= 15 is 0 Å². The zero-order chi connectivity index (χ0) is 30.4. The first-order valence-corrected chi connectivity index (χ1v) is 14.8. The quantitative estimate of drug-likeness (QED) is 0.289. The number of esters is 1. The van der Waals surface area contributed by atoms with E-state index in [1.165, 1.54) is 35.7 Å². The lowest BCUT2D eigenvalue weighted by Gasteiger charge is -2.29. The highest BCUT2D eigenvalue weighted by Gasteiger charge is 2.35. The van der Waals surface area contributed by atoms with Gasteiger partial charge in [-0.1, -0.05) is 36.4 Å². The average molecular weight is 583 g/mol. The van der Waals surface area contributed by atoms with Crippen LogP contribution in [0, 0.1) is 13.8 Å². The van der Waals surface area contributed by atoms with E-state index in [1.54, 1.807) is 39.8 Å². The Balaban J connectivity index is 1.81. The molecule has 0 saturated carbocycles. The number of amides is 1. The molecule has 3 aromatic carbocycles. The summed E-state index contributed by atoms with van der Waals surface area (Å²) < 4.78 is 45.3. The van der Waals surface area contributed by atoms with Crippen molar-refractivity contribution in [3.8, 4) is 16.9 Å². The van der Waals surface area contributed by atoms with Gasteiger partial charge in [0.1, 0.15) is 24.0 Å². The number of hydrogen-bond donors (Lipinski definition) is 1. The Labute approximate surface area is 242 Å². The number of benzene rings is 3. The van der Waals surface area contributed by atoms with Crippen LogP contribution in [-0.4, -0.2) is 38.7 Å². The molecular weight excluding hydrogens is 544 g/mol. The van der Waals surface area contributed by atoms with E-state index in [9.17, 15) is 18.0 Å². The summed E-state index contributed by atoms with van der Waals surface area (Å²) in [5, 5.41) is 0. The second kappa shape index (κ2) is 13.1. The molecule has 220 valence electrons. The summed E-state index contributed by atoms with van der Waals surface area (Å²) in [5.74, 6) is -0.279. The SMILES string of the molecule is CCOC(=O)C(C)N(c1ccc(OCc2cccc(-c3c(C)cccc3C)c2)cc1)S(=O)(=O)NC(=O)OC(C)(C)C. The molecule has 0 spiro atoms. The molecule has 0 aromatic heterocycles. The van der Waals surface area contributed by atoms with Gasteiger partial charge in [0.25, 0.3) is 0 Å². The van der Waals surface area contributed by atoms with Gasteiger partial charge in [-0.3, -0.25) is 0 Å². The molecule has 0 fully saturated rings. The maximum absolute atomic E-state index is 13.2. The summed E-state index contributed by atoms with van der Waals surface area (Å²) in [4.78, 5) is 24.8. The third-order valence-corrected chi connectivity index (χ3v) is 7.51. The number of ether oxygens (including phenoxy) is 3. The van der Waals surface area contributed by atoms with Gasteiger partial charge in [-0.05, 0) is 107 Å². The van der Waals surface area contributed by atoms with Crippen molar-refractivity contribution in [2.24, 2.45) is 0 Å². The average Bonchev–Trinajstić information content (AvgIpc) is 2.87. The fourth-order valence-corrected chi connectivity index (χ4v) is 5.58. The van der Waals surface area contributed by atoms with Crippen LogP contribution in [0.4, 0.5) is 10.5 Å². The van der Waals surface area contributed by atoms with Crippen molar-refractivity contribution in [3.63, 3.8) is 0 Å². The molecule has 41 heavy (non-hydrogen) atoms. The minimum Gasteiger partial charge on any atom is -0.489 e. The number of nitrogens with zero attached hydrogens (tertiary/aromatic N) is 1. The Hall–Kier alpha value is -4.05. The van der Waals surface area contributed by atoms with E-state index in [0.29, 0.717) is 12.4 Å². The molecule has 3 aromatic rings. The van der Waals surface area contributed by atoms with E-state index < -0.39 is 33.9 Å². The molecule has 0 bridgehead atoms. The van der Waals surface area contributed by atoms with Gasteiger partial charge in [0, 0.05) is 0 Å². The van der Waals surface area contributed by atoms with Crippen LogP contribution >= 0.6 is 0 Å². The van der Waals surface area contributed by atoms with Crippen molar-refractivity contribution >= 4 is 28.0 Å². The Kier molecular flexibility index (Phi) is 10.0. The molecule has 1 N–H and O–H groups in total. The van der Waals surface area contributed by atoms with Crippen LogP contribution in [0.25, 0.3) is 11.1 Å². The van der Waals surface area contributed by atoms with Gasteiger partial charge < -0.3 is 14.2 Å². The molecule has 9 nitrogen and oxygen atoms in total. The number of anilines is 1. The molecule has 0 saturated heterocycles. The summed E-state index contributed by atoms with van der Waals surface area (Å²) in [6.07, 6.45) is -1.17. The van der Waals surface area contributed by atoms with Crippen LogP contribution in [0.3, 0.4) is 0 Å². The van der Waals surface area contributed by atoms with Crippen LogP contribution < -0.4 is 13.8 Å². The predicted octanol–water partition coefficient (Wildman–Crippen LogP) is 6.08. The number of rotatable bonds is 10.